The number of nitrogens with one attached hydrogen (secondary N) is 3. The fourth-order valence-electron chi connectivity index (χ4n) is 2.67. The fraction of sp³-hybridized carbons (Fsp3) is 0.471. The highest BCUT2D eigenvalue weighted by atomic mass is 16.2. The first-order valence-electron chi connectivity index (χ1n) is 8.35. The minimum Gasteiger partial charge on any atom is -0.341 e. The van der Waals surface area contributed by atoms with E-state index in [4.69, 9.17) is 0 Å². The van der Waals surface area contributed by atoms with E-state index in [1.54, 1.807) is 29.2 Å². The fourth-order valence-corrected chi connectivity index (χ4v) is 2.67. The van der Waals surface area contributed by atoms with Crippen LogP contribution in [0.1, 0.15) is 25.7 Å². The summed E-state index contributed by atoms with van der Waals surface area (Å²) in [6.45, 7) is 1.53. The number of amides is 4. The van der Waals surface area contributed by atoms with Crippen molar-refractivity contribution in [3.63, 3.8) is 0 Å². The normalized spacial score (nSPS) is 16.6. The lowest BCUT2D eigenvalue weighted by atomic mass is 10.2. The van der Waals surface area contributed by atoms with Gasteiger partial charge in [-0.3, -0.25) is 9.59 Å². The molecule has 2 fully saturated rings. The van der Waals surface area contributed by atoms with Crippen molar-refractivity contribution in [3.8, 4) is 0 Å². The Morgan fingerprint density at radius 2 is 1.71 bits per heavy atom. The van der Waals surface area contributed by atoms with Gasteiger partial charge in [-0.05, 0) is 43.9 Å². The van der Waals surface area contributed by atoms with Gasteiger partial charge in [-0.25, -0.2) is 4.79 Å². The molecule has 2 aliphatic rings. The summed E-state index contributed by atoms with van der Waals surface area (Å²) in [4.78, 5) is 37.3. The van der Waals surface area contributed by atoms with E-state index >= 15 is 0 Å². The number of hydrogen-bond acceptors (Lipinski definition) is 3. The van der Waals surface area contributed by atoms with Gasteiger partial charge in [0.25, 0.3) is 0 Å². The van der Waals surface area contributed by atoms with Gasteiger partial charge in [-0.1, -0.05) is 6.07 Å². The van der Waals surface area contributed by atoms with Gasteiger partial charge in [0.15, 0.2) is 0 Å². The van der Waals surface area contributed by atoms with Crippen LogP contribution in [-0.2, 0) is 9.59 Å². The van der Waals surface area contributed by atoms with E-state index in [0.29, 0.717) is 11.4 Å². The first-order chi connectivity index (χ1) is 11.6. The van der Waals surface area contributed by atoms with E-state index in [1.165, 1.54) is 0 Å². The van der Waals surface area contributed by atoms with Gasteiger partial charge in [0.2, 0.25) is 11.8 Å². The summed E-state index contributed by atoms with van der Waals surface area (Å²) in [6.07, 6.45) is 3.93. The predicted molar refractivity (Wildman–Crippen MR) is 90.6 cm³/mol. The second kappa shape index (κ2) is 7.33. The number of carbonyl (C=O) groups excluding carboxylic acids is 3. The van der Waals surface area contributed by atoms with Crippen LogP contribution >= 0.6 is 0 Å². The standard InChI is InChI=1S/C17H22N4O3/c22-15(21-8-1-2-9-21)11-18-17(24)20-14-5-3-4-13(10-14)19-16(23)12-6-7-12/h3-5,10,12H,1-2,6-9,11H2,(H,19,23)(H2,18,20,24). The van der Waals surface area contributed by atoms with E-state index < -0.39 is 6.03 Å². The molecule has 7 heteroatoms. The Kier molecular flexibility index (Phi) is 4.98. The van der Waals surface area contributed by atoms with Crippen LogP contribution in [0.25, 0.3) is 0 Å². The van der Waals surface area contributed by atoms with Crippen LogP contribution in [0.2, 0.25) is 0 Å². The van der Waals surface area contributed by atoms with E-state index in [9.17, 15) is 14.4 Å². The van der Waals surface area contributed by atoms with Gasteiger partial charge >= 0.3 is 6.03 Å². The van der Waals surface area contributed by atoms with Crippen LogP contribution in [0.15, 0.2) is 24.3 Å². The van der Waals surface area contributed by atoms with Gasteiger partial charge in [-0.15, -0.1) is 0 Å². The Labute approximate surface area is 140 Å². The Morgan fingerprint density at radius 1 is 1.04 bits per heavy atom. The van der Waals surface area contributed by atoms with Crippen LogP contribution in [-0.4, -0.2) is 42.4 Å². The molecule has 128 valence electrons. The van der Waals surface area contributed by atoms with Gasteiger partial charge < -0.3 is 20.9 Å². The van der Waals surface area contributed by atoms with E-state index in [-0.39, 0.29) is 24.3 Å². The maximum Gasteiger partial charge on any atom is 0.319 e. The van der Waals surface area contributed by atoms with Crippen molar-refractivity contribution in [2.75, 3.05) is 30.3 Å². The molecule has 0 radical (unpaired) electrons. The maximum atomic E-state index is 11.9. The van der Waals surface area contributed by atoms with Crippen molar-refractivity contribution < 1.29 is 14.4 Å². The second-order valence-corrected chi connectivity index (χ2v) is 6.24. The summed E-state index contributed by atoms with van der Waals surface area (Å²) >= 11 is 0. The van der Waals surface area contributed by atoms with Crippen molar-refractivity contribution in [2.24, 2.45) is 5.92 Å². The Bertz CT molecular complexity index is 636. The largest absolute Gasteiger partial charge is 0.341 e. The second-order valence-electron chi connectivity index (χ2n) is 6.24. The minimum absolute atomic E-state index is 0.00998. The number of nitrogens with zero attached hydrogens (tertiary/aromatic N) is 1. The zero-order valence-corrected chi connectivity index (χ0v) is 13.5. The predicted octanol–water partition coefficient (Wildman–Crippen LogP) is 1.78. The number of likely N-dealkylation sites (tertiary alicyclic amines) is 1. The summed E-state index contributed by atoms with van der Waals surface area (Å²) < 4.78 is 0. The molecular weight excluding hydrogens is 308 g/mol. The number of hydrogen-bond donors (Lipinski definition) is 3. The van der Waals surface area contributed by atoms with Crippen LogP contribution in [0.3, 0.4) is 0 Å². The third kappa shape index (κ3) is 4.47. The lowest BCUT2D eigenvalue weighted by Gasteiger charge is -2.15. The highest BCUT2D eigenvalue weighted by Gasteiger charge is 2.29. The quantitative estimate of drug-likeness (QED) is 0.768. The molecule has 3 N–H and O–H groups in total. The molecule has 3 rings (SSSR count). The Morgan fingerprint density at radius 3 is 2.38 bits per heavy atom. The molecule has 1 saturated heterocycles. The van der Waals surface area contributed by atoms with Gasteiger partial charge in [0.05, 0.1) is 6.54 Å². The van der Waals surface area contributed by atoms with Crippen molar-refractivity contribution in [1.82, 2.24) is 10.2 Å². The molecule has 24 heavy (non-hydrogen) atoms. The average molecular weight is 330 g/mol. The van der Waals surface area contributed by atoms with Crippen molar-refractivity contribution >= 4 is 29.2 Å². The zero-order valence-electron chi connectivity index (χ0n) is 13.5. The molecule has 7 nitrogen and oxygen atoms in total. The van der Waals surface area contributed by atoms with Gasteiger partial charge in [0.1, 0.15) is 0 Å². The molecule has 1 saturated carbocycles. The van der Waals surface area contributed by atoms with Crippen LogP contribution in [0, 0.1) is 5.92 Å². The highest BCUT2D eigenvalue weighted by Crippen LogP contribution is 2.30. The molecule has 0 aromatic heterocycles. The summed E-state index contributed by atoms with van der Waals surface area (Å²) in [5.74, 6) is 0.0856. The molecule has 0 bridgehead atoms. The van der Waals surface area contributed by atoms with Crippen molar-refractivity contribution in [2.45, 2.75) is 25.7 Å². The molecule has 1 heterocycles. The molecule has 0 unspecified atom stereocenters. The summed E-state index contributed by atoms with van der Waals surface area (Å²) in [6, 6.07) is 6.53. The third-order valence-electron chi connectivity index (χ3n) is 4.20. The SMILES string of the molecule is O=C(NCC(=O)N1CCCC1)Nc1cccc(NC(=O)C2CC2)c1. The summed E-state index contributed by atoms with van der Waals surface area (Å²) in [7, 11) is 0. The molecule has 0 spiro atoms. The lowest BCUT2D eigenvalue weighted by molar-refractivity contribution is -0.129. The number of anilines is 2. The smallest absolute Gasteiger partial charge is 0.319 e. The Balaban J connectivity index is 1.46. The molecule has 1 aromatic carbocycles. The molecule has 4 amide bonds. The van der Waals surface area contributed by atoms with Crippen molar-refractivity contribution in [1.29, 1.82) is 0 Å². The average Bonchev–Trinajstić information content (AvgIpc) is 3.28. The van der Waals surface area contributed by atoms with E-state index in [1.807, 2.05) is 0 Å². The third-order valence-corrected chi connectivity index (χ3v) is 4.20. The number of rotatable bonds is 5. The monoisotopic (exact) mass is 330 g/mol. The summed E-state index contributed by atoms with van der Waals surface area (Å²) in [5.41, 5.74) is 1.22. The van der Waals surface area contributed by atoms with Crippen LogP contribution in [0.4, 0.5) is 16.2 Å². The number of carbonyl (C=O) groups is 3. The molecule has 1 aliphatic heterocycles. The minimum atomic E-state index is -0.437. The molecular formula is C17H22N4O3. The lowest BCUT2D eigenvalue weighted by Crippen LogP contribution is -2.40. The highest BCUT2D eigenvalue weighted by molar-refractivity contribution is 5.96. The van der Waals surface area contributed by atoms with Crippen molar-refractivity contribution in [3.05, 3.63) is 24.3 Å². The topological polar surface area (TPSA) is 90.5 Å². The molecule has 0 atom stereocenters. The maximum absolute atomic E-state index is 11.9. The molecule has 1 aromatic rings. The molecule has 1 aliphatic carbocycles. The van der Waals surface area contributed by atoms with E-state index in [0.717, 1.165) is 38.8 Å². The first-order valence-corrected chi connectivity index (χ1v) is 8.35. The summed E-state index contributed by atoms with van der Waals surface area (Å²) in [5, 5.41) is 8.08. The Hall–Kier alpha value is -2.57. The van der Waals surface area contributed by atoms with Crippen LogP contribution < -0.4 is 16.0 Å². The zero-order chi connectivity index (χ0) is 16.9. The number of benzene rings is 1. The first kappa shape index (κ1) is 16.3. The van der Waals surface area contributed by atoms with E-state index in [2.05, 4.69) is 16.0 Å². The van der Waals surface area contributed by atoms with Crippen LogP contribution in [0.5, 0.6) is 0 Å². The number of urea groups is 1. The van der Waals surface area contributed by atoms with Gasteiger partial charge in [0, 0.05) is 30.4 Å². The van der Waals surface area contributed by atoms with Gasteiger partial charge in [-0.2, -0.15) is 0 Å².